The molecule has 0 saturated heterocycles. The SMILES string of the molecule is COC(=O)CN1[C@@H](c2ccccc2)c2cc(Br)ccc2N[C@H]1c1ccccc1O. The van der Waals surface area contributed by atoms with E-state index in [4.69, 9.17) is 4.74 Å². The molecule has 0 saturated carbocycles. The Hall–Kier alpha value is -2.83. The number of anilines is 1. The van der Waals surface area contributed by atoms with Crippen molar-refractivity contribution in [1.82, 2.24) is 4.90 Å². The number of aromatic hydroxyl groups is 1. The van der Waals surface area contributed by atoms with Gasteiger partial charge in [-0.25, -0.2) is 0 Å². The van der Waals surface area contributed by atoms with Gasteiger partial charge < -0.3 is 15.2 Å². The van der Waals surface area contributed by atoms with E-state index in [1.54, 1.807) is 12.1 Å². The number of ether oxygens (including phenoxy) is 1. The van der Waals surface area contributed by atoms with Crippen molar-refractivity contribution in [3.05, 3.63) is 94.0 Å². The molecule has 0 aromatic heterocycles. The highest BCUT2D eigenvalue weighted by molar-refractivity contribution is 9.10. The van der Waals surface area contributed by atoms with Gasteiger partial charge in [-0.2, -0.15) is 0 Å². The average molecular weight is 453 g/mol. The molecule has 0 unspecified atom stereocenters. The first-order valence-corrected chi connectivity index (χ1v) is 10.1. The number of para-hydroxylation sites is 1. The summed E-state index contributed by atoms with van der Waals surface area (Å²) in [5, 5.41) is 14.0. The first kappa shape index (κ1) is 19.5. The van der Waals surface area contributed by atoms with E-state index < -0.39 is 6.17 Å². The molecule has 5 nitrogen and oxygen atoms in total. The van der Waals surface area contributed by atoms with Crippen molar-refractivity contribution in [2.75, 3.05) is 19.0 Å². The van der Waals surface area contributed by atoms with E-state index in [-0.39, 0.29) is 24.3 Å². The minimum absolute atomic E-state index is 0.0635. The Kier molecular flexibility index (Phi) is 5.56. The standard InChI is InChI=1S/C23H21BrN2O3/c1-29-21(28)14-26-22(15-7-3-2-4-8-15)18-13-16(24)11-12-19(18)25-23(26)17-9-5-6-10-20(17)27/h2-13,22-23,25,27H,14H2,1H3/t22-,23+/m0/s1. The lowest BCUT2D eigenvalue weighted by molar-refractivity contribution is -0.143. The quantitative estimate of drug-likeness (QED) is 0.554. The Morgan fingerprint density at radius 2 is 1.79 bits per heavy atom. The zero-order valence-electron chi connectivity index (χ0n) is 15.9. The molecule has 0 bridgehead atoms. The Bertz CT molecular complexity index is 1030. The van der Waals surface area contributed by atoms with Crippen LogP contribution in [0.15, 0.2) is 77.3 Å². The Morgan fingerprint density at radius 3 is 2.52 bits per heavy atom. The fraction of sp³-hybridized carbons (Fsp3) is 0.174. The third-order valence-electron chi connectivity index (χ3n) is 5.15. The first-order valence-electron chi connectivity index (χ1n) is 9.30. The van der Waals surface area contributed by atoms with E-state index in [1.165, 1.54) is 7.11 Å². The van der Waals surface area contributed by atoms with Gasteiger partial charge in [0.25, 0.3) is 0 Å². The lowest BCUT2D eigenvalue weighted by Crippen LogP contribution is -2.44. The second-order valence-electron chi connectivity index (χ2n) is 6.90. The van der Waals surface area contributed by atoms with Crippen molar-refractivity contribution in [2.24, 2.45) is 0 Å². The molecule has 3 aromatic carbocycles. The van der Waals surface area contributed by atoms with Crippen molar-refractivity contribution in [3.63, 3.8) is 0 Å². The number of carbonyl (C=O) groups excluding carboxylic acids is 1. The number of nitrogens with one attached hydrogen (secondary N) is 1. The summed E-state index contributed by atoms with van der Waals surface area (Å²) in [6.45, 7) is 0.0635. The number of rotatable bonds is 4. The lowest BCUT2D eigenvalue weighted by Gasteiger charge is -2.44. The van der Waals surface area contributed by atoms with Crippen molar-refractivity contribution in [2.45, 2.75) is 12.2 Å². The smallest absolute Gasteiger partial charge is 0.319 e. The monoisotopic (exact) mass is 452 g/mol. The summed E-state index contributed by atoms with van der Waals surface area (Å²) < 4.78 is 5.94. The molecule has 1 aliphatic heterocycles. The second-order valence-corrected chi connectivity index (χ2v) is 7.81. The van der Waals surface area contributed by atoms with E-state index in [0.29, 0.717) is 5.56 Å². The van der Waals surface area contributed by atoms with Crippen LogP contribution in [0.2, 0.25) is 0 Å². The summed E-state index contributed by atoms with van der Waals surface area (Å²) in [4.78, 5) is 14.4. The molecule has 0 amide bonds. The van der Waals surface area contributed by atoms with E-state index >= 15 is 0 Å². The third-order valence-corrected chi connectivity index (χ3v) is 5.64. The topological polar surface area (TPSA) is 61.8 Å². The van der Waals surface area contributed by atoms with Crippen LogP contribution in [0.4, 0.5) is 5.69 Å². The molecule has 2 atom stereocenters. The van der Waals surface area contributed by atoms with Crippen LogP contribution in [-0.2, 0) is 9.53 Å². The molecule has 29 heavy (non-hydrogen) atoms. The van der Waals surface area contributed by atoms with Crippen molar-refractivity contribution < 1.29 is 14.6 Å². The Morgan fingerprint density at radius 1 is 1.07 bits per heavy atom. The van der Waals surface area contributed by atoms with Crippen molar-refractivity contribution in [1.29, 1.82) is 0 Å². The maximum Gasteiger partial charge on any atom is 0.319 e. The first-order chi connectivity index (χ1) is 14.1. The Balaban J connectivity index is 1.91. The fourth-order valence-electron chi connectivity index (χ4n) is 3.83. The van der Waals surface area contributed by atoms with Crippen LogP contribution in [0.25, 0.3) is 0 Å². The molecule has 0 fully saturated rings. The average Bonchev–Trinajstić information content (AvgIpc) is 2.74. The van der Waals surface area contributed by atoms with Gasteiger partial charge in [-0.15, -0.1) is 0 Å². The van der Waals surface area contributed by atoms with E-state index in [2.05, 4.69) is 27.3 Å². The maximum atomic E-state index is 12.3. The van der Waals surface area contributed by atoms with Crippen LogP contribution in [0, 0.1) is 0 Å². The summed E-state index contributed by atoms with van der Waals surface area (Å²) in [5.41, 5.74) is 3.75. The molecule has 3 aromatic rings. The molecule has 0 spiro atoms. The summed E-state index contributed by atoms with van der Waals surface area (Å²) in [6, 6.07) is 23.1. The lowest BCUT2D eigenvalue weighted by atomic mass is 9.91. The molecule has 2 N–H and O–H groups in total. The minimum Gasteiger partial charge on any atom is -0.508 e. The molecule has 0 aliphatic carbocycles. The third kappa shape index (κ3) is 3.86. The van der Waals surface area contributed by atoms with Gasteiger partial charge in [0.15, 0.2) is 0 Å². The summed E-state index contributed by atoms with van der Waals surface area (Å²) >= 11 is 3.57. The van der Waals surface area contributed by atoms with Gasteiger partial charge in [0, 0.05) is 15.7 Å². The molecule has 4 rings (SSSR count). The van der Waals surface area contributed by atoms with Gasteiger partial charge in [-0.3, -0.25) is 9.69 Å². The number of hydrogen-bond donors (Lipinski definition) is 2. The van der Waals surface area contributed by atoms with Gasteiger partial charge in [0.2, 0.25) is 0 Å². The molecular weight excluding hydrogens is 432 g/mol. The number of halogens is 1. The van der Waals surface area contributed by atoms with Crippen LogP contribution in [-0.4, -0.2) is 29.6 Å². The molecule has 0 radical (unpaired) electrons. The highest BCUT2D eigenvalue weighted by atomic mass is 79.9. The molecule has 1 aliphatic rings. The molecular formula is C23H21BrN2O3. The number of hydrogen-bond acceptors (Lipinski definition) is 5. The number of methoxy groups -OCH3 is 1. The van der Waals surface area contributed by atoms with Crippen molar-refractivity contribution >= 4 is 27.6 Å². The summed E-state index contributed by atoms with van der Waals surface area (Å²) in [6.07, 6.45) is -0.408. The predicted molar refractivity (Wildman–Crippen MR) is 116 cm³/mol. The van der Waals surface area contributed by atoms with Gasteiger partial charge in [-0.05, 0) is 35.4 Å². The van der Waals surface area contributed by atoms with Crippen LogP contribution in [0.1, 0.15) is 28.9 Å². The van der Waals surface area contributed by atoms with Gasteiger partial charge in [0.1, 0.15) is 11.9 Å². The summed E-state index contributed by atoms with van der Waals surface area (Å²) in [5.74, 6) is -0.168. The van der Waals surface area contributed by atoms with Gasteiger partial charge in [0.05, 0.1) is 19.7 Å². The highest BCUT2D eigenvalue weighted by Gasteiger charge is 2.38. The minimum atomic E-state index is -0.408. The Labute approximate surface area is 178 Å². The number of esters is 1. The van der Waals surface area contributed by atoms with Crippen LogP contribution < -0.4 is 5.32 Å². The number of nitrogens with zero attached hydrogens (tertiary/aromatic N) is 1. The summed E-state index contributed by atoms with van der Waals surface area (Å²) in [7, 11) is 1.39. The fourth-order valence-corrected chi connectivity index (χ4v) is 4.21. The molecule has 6 heteroatoms. The second kappa shape index (κ2) is 8.27. The van der Waals surface area contributed by atoms with Crippen LogP contribution >= 0.6 is 15.9 Å². The zero-order valence-corrected chi connectivity index (χ0v) is 17.5. The van der Waals surface area contributed by atoms with Gasteiger partial charge in [-0.1, -0.05) is 64.5 Å². The van der Waals surface area contributed by atoms with Crippen molar-refractivity contribution in [3.8, 4) is 5.75 Å². The highest BCUT2D eigenvalue weighted by Crippen LogP contribution is 2.45. The van der Waals surface area contributed by atoms with Crippen LogP contribution in [0.3, 0.4) is 0 Å². The number of fused-ring (bicyclic) bond motifs is 1. The number of carbonyl (C=O) groups is 1. The van der Waals surface area contributed by atoms with E-state index in [1.807, 2.05) is 59.5 Å². The van der Waals surface area contributed by atoms with E-state index in [0.717, 1.165) is 21.3 Å². The van der Waals surface area contributed by atoms with E-state index in [9.17, 15) is 9.90 Å². The maximum absolute atomic E-state index is 12.3. The molecule has 1 heterocycles. The number of phenols is 1. The molecule has 148 valence electrons. The number of phenolic OH excluding ortho intramolecular Hbond substituents is 1. The zero-order chi connectivity index (χ0) is 20.4. The van der Waals surface area contributed by atoms with Crippen LogP contribution in [0.5, 0.6) is 5.75 Å². The normalized spacial score (nSPS) is 18.6. The largest absolute Gasteiger partial charge is 0.508 e. The predicted octanol–water partition coefficient (Wildman–Crippen LogP) is 4.84. The number of benzene rings is 3. The van der Waals surface area contributed by atoms with Gasteiger partial charge >= 0.3 is 5.97 Å².